The maximum atomic E-state index is 13.8. The van der Waals surface area contributed by atoms with E-state index in [1.165, 1.54) is 12.1 Å². The van der Waals surface area contributed by atoms with Crippen LogP contribution in [0.4, 0.5) is 4.39 Å². The van der Waals surface area contributed by atoms with Crippen LogP contribution < -0.4 is 4.72 Å². The number of rotatable bonds is 8. The number of halogens is 1. The molecule has 6 nitrogen and oxygen atoms in total. The van der Waals surface area contributed by atoms with Gasteiger partial charge in [-0.3, -0.25) is 9.69 Å². The van der Waals surface area contributed by atoms with E-state index in [1.807, 2.05) is 11.8 Å². The predicted molar refractivity (Wildman–Crippen MR) is 88.6 cm³/mol. The normalized spacial score (nSPS) is 20.8. The molecule has 2 rings (SSSR count). The Balaban J connectivity index is 1.89. The number of sulfonamides is 1. The van der Waals surface area contributed by atoms with Gasteiger partial charge in [0.15, 0.2) is 0 Å². The summed E-state index contributed by atoms with van der Waals surface area (Å²) in [6.07, 6.45) is 1.13. The van der Waals surface area contributed by atoms with E-state index in [0.29, 0.717) is 19.4 Å². The van der Waals surface area contributed by atoms with Gasteiger partial charge in [0.1, 0.15) is 5.82 Å². The standard InChI is InChI=1S/C16H23FN2O4S/c1-3-19(9-16(20)21)14-7-13(8-14)18-24(22,23)10-12-5-4-11(2)6-15(12)17/h4-6,13-14,18H,3,7-10H2,1-2H3,(H,20,21). The first kappa shape index (κ1) is 18.8. The summed E-state index contributed by atoms with van der Waals surface area (Å²) in [5, 5.41) is 8.86. The Kier molecular flexibility index (Phi) is 5.95. The van der Waals surface area contributed by atoms with Crippen LogP contribution in [0.1, 0.15) is 30.9 Å². The molecule has 0 saturated heterocycles. The number of carbonyl (C=O) groups is 1. The molecule has 0 amide bonds. The number of hydrogen-bond acceptors (Lipinski definition) is 4. The molecule has 134 valence electrons. The van der Waals surface area contributed by atoms with Gasteiger partial charge in [0.05, 0.1) is 12.3 Å². The number of nitrogens with zero attached hydrogens (tertiary/aromatic N) is 1. The summed E-state index contributed by atoms with van der Waals surface area (Å²) >= 11 is 0. The Bertz CT molecular complexity index is 702. The second-order valence-corrected chi connectivity index (χ2v) is 8.00. The van der Waals surface area contributed by atoms with Crippen molar-refractivity contribution in [3.63, 3.8) is 0 Å². The van der Waals surface area contributed by atoms with Crippen LogP contribution >= 0.6 is 0 Å². The van der Waals surface area contributed by atoms with Gasteiger partial charge in [-0.2, -0.15) is 0 Å². The lowest BCUT2D eigenvalue weighted by atomic mass is 9.86. The third-order valence-corrected chi connectivity index (χ3v) is 5.66. The van der Waals surface area contributed by atoms with E-state index in [1.54, 1.807) is 13.0 Å². The maximum absolute atomic E-state index is 13.8. The summed E-state index contributed by atoms with van der Waals surface area (Å²) < 4.78 is 40.7. The van der Waals surface area contributed by atoms with Crippen LogP contribution in [0.25, 0.3) is 0 Å². The highest BCUT2D eigenvalue weighted by Gasteiger charge is 2.36. The minimum Gasteiger partial charge on any atom is -0.480 e. The molecule has 0 heterocycles. The van der Waals surface area contributed by atoms with E-state index in [2.05, 4.69) is 4.72 Å². The Morgan fingerprint density at radius 2 is 2.08 bits per heavy atom. The lowest BCUT2D eigenvalue weighted by molar-refractivity contribution is -0.139. The van der Waals surface area contributed by atoms with Crippen LogP contribution in [-0.4, -0.2) is 49.6 Å². The fourth-order valence-corrected chi connectivity index (χ4v) is 4.35. The van der Waals surface area contributed by atoms with Crippen LogP contribution in [0.2, 0.25) is 0 Å². The highest BCUT2D eigenvalue weighted by molar-refractivity contribution is 7.88. The van der Waals surface area contributed by atoms with Crippen LogP contribution in [0, 0.1) is 12.7 Å². The molecule has 0 atom stereocenters. The number of aliphatic carboxylic acids is 1. The third kappa shape index (κ3) is 4.99. The molecule has 1 aromatic carbocycles. The molecule has 0 unspecified atom stereocenters. The predicted octanol–water partition coefficient (Wildman–Crippen LogP) is 1.49. The first-order valence-corrected chi connectivity index (χ1v) is 9.56. The fourth-order valence-electron chi connectivity index (χ4n) is 2.92. The monoisotopic (exact) mass is 358 g/mol. The average molecular weight is 358 g/mol. The van der Waals surface area contributed by atoms with Gasteiger partial charge in [0, 0.05) is 17.6 Å². The van der Waals surface area contributed by atoms with Crippen molar-refractivity contribution in [2.24, 2.45) is 0 Å². The Hall–Kier alpha value is -1.51. The lowest BCUT2D eigenvalue weighted by Crippen LogP contribution is -2.54. The van der Waals surface area contributed by atoms with Crippen LogP contribution in [0.15, 0.2) is 18.2 Å². The molecular formula is C16H23FN2O4S. The quantitative estimate of drug-likeness (QED) is 0.735. The number of carboxylic acids is 1. The fraction of sp³-hybridized carbons (Fsp3) is 0.562. The minimum absolute atomic E-state index is 0.0464. The Morgan fingerprint density at radius 3 is 2.62 bits per heavy atom. The Morgan fingerprint density at radius 1 is 1.42 bits per heavy atom. The van der Waals surface area contributed by atoms with Crippen molar-refractivity contribution >= 4 is 16.0 Å². The molecule has 1 saturated carbocycles. The summed E-state index contributed by atoms with van der Waals surface area (Å²) in [6.45, 7) is 4.17. The van der Waals surface area contributed by atoms with Crippen molar-refractivity contribution < 1.29 is 22.7 Å². The number of carboxylic acid groups (broad SMARTS) is 1. The largest absolute Gasteiger partial charge is 0.480 e. The molecule has 24 heavy (non-hydrogen) atoms. The topological polar surface area (TPSA) is 86.7 Å². The summed E-state index contributed by atoms with van der Waals surface area (Å²) in [6, 6.07) is 4.32. The summed E-state index contributed by atoms with van der Waals surface area (Å²) in [5.74, 6) is -1.81. The second-order valence-electron chi connectivity index (χ2n) is 6.25. The summed E-state index contributed by atoms with van der Waals surface area (Å²) in [5.41, 5.74) is 0.881. The molecule has 0 bridgehead atoms. The highest BCUT2D eigenvalue weighted by Crippen LogP contribution is 2.26. The van der Waals surface area contributed by atoms with Gasteiger partial charge in [-0.15, -0.1) is 0 Å². The molecule has 8 heteroatoms. The van der Waals surface area contributed by atoms with Crippen molar-refractivity contribution in [1.82, 2.24) is 9.62 Å². The molecule has 0 spiro atoms. The number of hydrogen-bond donors (Lipinski definition) is 2. The zero-order valence-electron chi connectivity index (χ0n) is 13.8. The summed E-state index contributed by atoms with van der Waals surface area (Å²) in [7, 11) is -3.63. The van der Waals surface area contributed by atoms with Gasteiger partial charge in [-0.25, -0.2) is 17.5 Å². The smallest absolute Gasteiger partial charge is 0.317 e. The van der Waals surface area contributed by atoms with Gasteiger partial charge in [-0.1, -0.05) is 19.1 Å². The molecule has 1 aliphatic rings. The molecule has 1 aliphatic carbocycles. The first-order valence-electron chi connectivity index (χ1n) is 7.91. The van der Waals surface area contributed by atoms with Gasteiger partial charge in [0.25, 0.3) is 0 Å². The van der Waals surface area contributed by atoms with E-state index < -0.39 is 27.6 Å². The van der Waals surface area contributed by atoms with Crippen LogP contribution in [0.5, 0.6) is 0 Å². The average Bonchev–Trinajstić information content (AvgIpc) is 2.43. The number of aryl methyl sites for hydroxylation is 1. The Labute approximate surface area is 141 Å². The maximum Gasteiger partial charge on any atom is 0.317 e. The van der Waals surface area contributed by atoms with Crippen molar-refractivity contribution in [3.05, 3.63) is 35.1 Å². The molecule has 1 aromatic rings. The van der Waals surface area contributed by atoms with Crippen molar-refractivity contribution in [2.45, 2.75) is 44.5 Å². The summed E-state index contributed by atoms with van der Waals surface area (Å²) in [4.78, 5) is 12.6. The first-order chi connectivity index (χ1) is 11.2. The molecule has 1 fully saturated rings. The van der Waals surface area contributed by atoms with E-state index in [9.17, 15) is 17.6 Å². The highest BCUT2D eigenvalue weighted by atomic mass is 32.2. The zero-order chi connectivity index (χ0) is 17.9. The van der Waals surface area contributed by atoms with Crippen LogP contribution in [0.3, 0.4) is 0 Å². The van der Waals surface area contributed by atoms with E-state index in [-0.39, 0.29) is 24.2 Å². The van der Waals surface area contributed by atoms with Crippen molar-refractivity contribution in [3.8, 4) is 0 Å². The molecular weight excluding hydrogens is 335 g/mol. The van der Waals surface area contributed by atoms with Gasteiger partial charge < -0.3 is 5.11 Å². The van der Waals surface area contributed by atoms with Gasteiger partial charge in [-0.05, 0) is 37.9 Å². The van der Waals surface area contributed by atoms with E-state index >= 15 is 0 Å². The van der Waals surface area contributed by atoms with Gasteiger partial charge >= 0.3 is 5.97 Å². The molecule has 0 aromatic heterocycles. The number of likely N-dealkylation sites (N-methyl/N-ethyl adjacent to an activating group) is 1. The van der Waals surface area contributed by atoms with E-state index in [0.717, 1.165) is 5.56 Å². The SMILES string of the molecule is CCN(CC(=O)O)C1CC(NS(=O)(=O)Cc2ccc(C)cc2F)C1. The minimum atomic E-state index is -3.63. The van der Waals surface area contributed by atoms with Crippen molar-refractivity contribution in [1.29, 1.82) is 0 Å². The van der Waals surface area contributed by atoms with E-state index in [4.69, 9.17) is 5.11 Å². The van der Waals surface area contributed by atoms with Gasteiger partial charge in [0.2, 0.25) is 10.0 Å². The zero-order valence-corrected chi connectivity index (χ0v) is 14.6. The molecule has 0 aliphatic heterocycles. The number of benzene rings is 1. The number of nitrogens with one attached hydrogen (secondary N) is 1. The van der Waals surface area contributed by atoms with Crippen LogP contribution in [-0.2, 0) is 20.6 Å². The second kappa shape index (κ2) is 7.58. The lowest BCUT2D eigenvalue weighted by Gasteiger charge is -2.42. The molecule has 2 N–H and O–H groups in total. The molecule has 0 radical (unpaired) electrons. The third-order valence-electron chi connectivity index (χ3n) is 4.27. The van der Waals surface area contributed by atoms with Crippen molar-refractivity contribution in [2.75, 3.05) is 13.1 Å².